The largest absolute Gasteiger partial charge is 0.416 e. The predicted octanol–water partition coefficient (Wildman–Crippen LogP) is 3.40. The van der Waals surface area contributed by atoms with E-state index in [1.165, 1.54) is 12.1 Å². The molecule has 0 aromatic heterocycles. The first kappa shape index (κ1) is 16.8. The van der Waals surface area contributed by atoms with E-state index in [9.17, 15) is 18.0 Å². The molecule has 0 bridgehead atoms. The van der Waals surface area contributed by atoms with Crippen LogP contribution < -0.4 is 11.1 Å². The lowest BCUT2D eigenvalue weighted by Gasteiger charge is -2.28. The number of carbonyl (C=O) groups excluding carboxylic acids is 1. The van der Waals surface area contributed by atoms with Crippen molar-refractivity contribution in [3.63, 3.8) is 0 Å². The van der Waals surface area contributed by atoms with Crippen molar-refractivity contribution in [2.24, 2.45) is 11.1 Å². The lowest BCUT2D eigenvalue weighted by molar-refractivity contribution is -0.137. The third kappa shape index (κ3) is 3.43. The summed E-state index contributed by atoms with van der Waals surface area (Å²) in [5, 5.41) is 2.89. The monoisotopic (exact) mass is 314 g/mol. The van der Waals surface area contributed by atoms with Crippen LogP contribution in [0.3, 0.4) is 0 Å². The van der Waals surface area contributed by atoms with Gasteiger partial charge in [0.25, 0.3) is 0 Å². The summed E-state index contributed by atoms with van der Waals surface area (Å²) in [4.78, 5) is 12.4. The second-order valence-corrected chi connectivity index (χ2v) is 6.01. The number of halogens is 3. The summed E-state index contributed by atoms with van der Waals surface area (Å²) in [5.41, 5.74) is 5.21. The molecule has 1 aliphatic carbocycles. The molecule has 1 unspecified atom stereocenters. The molecule has 1 aromatic rings. The molecule has 1 fully saturated rings. The van der Waals surface area contributed by atoms with Gasteiger partial charge in [0.1, 0.15) is 0 Å². The van der Waals surface area contributed by atoms with Gasteiger partial charge in [0, 0.05) is 6.54 Å². The van der Waals surface area contributed by atoms with Crippen molar-refractivity contribution in [1.29, 1.82) is 0 Å². The quantitative estimate of drug-likeness (QED) is 0.895. The fraction of sp³-hybridized carbons (Fsp3) is 0.562. The Bertz CT molecular complexity index is 519. The zero-order valence-corrected chi connectivity index (χ0v) is 12.5. The summed E-state index contributed by atoms with van der Waals surface area (Å²) < 4.78 is 37.6. The number of nitrogens with two attached hydrogens (primary N) is 1. The first-order valence-corrected chi connectivity index (χ1v) is 7.47. The lowest BCUT2D eigenvalue weighted by atomic mass is 9.85. The van der Waals surface area contributed by atoms with Crippen LogP contribution in [0, 0.1) is 5.41 Å². The minimum Gasteiger partial charge on any atom is -0.349 e. The molecule has 0 radical (unpaired) electrons. The molecule has 1 saturated carbocycles. The van der Waals surface area contributed by atoms with Crippen LogP contribution in [-0.2, 0) is 11.0 Å². The van der Waals surface area contributed by atoms with Crippen molar-refractivity contribution in [2.75, 3.05) is 6.54 Å². The molecular weight excluding hydrogens is 293 g/mol. The van der Waals surface area contributed by atoms with Crippen molar-refractivity contribution in [1.82, 2.24) is 5.32 Å². The summed E-state index contributed by atoms with van der Waals surface area (Å²) in [6, 6.07) is 4.52. The molecule has 1 aliphatic rings. The zero-order valence-electron chi connectivity index (χ0n) is 12.5. The summed E-state index contributed by atoms with van der Waals surface area (Å²) in [7, 11) is 0. The Morgan fingerprint density at radius 3 is 2.27 bits per heavy atom. The van der Waals surface area contributed by atoms with Gasteiger partial charge in [-0.15, -0.1) is 0 Å². The average molecular weight is 314 g/mol. The molecule has 1 atom stereocenters. The molecule has 1 amide bonds. The van der Waals surface area contributed by atoms with E-state index in [4.69, 9.17) is 5.73 Å². The number of hydrogen-bond donors (Lipinski definition) is 2. The first-order valence-electron chi connectivity index (χ1n) is 7.47. The van der Waals surface area contributed by atoms with Gasteiger partial charge in [0.15, 0.2) is 0 Å². The highest BCUT2D eigenvalue weighted by atomic mass is 19.4. The molecule has 0 aliphatic heterocycles. The van der Waals surface area contributed by atoms with Crippen LogP contribution in [0.4, 0.5) is 13.2 Å². The predicted molar refractivity (Wildman–Crippen MR) is 78.0 cm³/mol. The average Bonchev–Trinajstić information content (AvgIpc) is 2.96. The van der Waals surface area contributed by atoms with Gasteiger partial charge in [0.05, 0.1) is 17.0 Å². The van der Waals surface area contributed by atoms with Crippen molar-refractivity contribution in [2.45, 2.75) is 44.8 Å². The summed E-state index contributed by atoms with van der Waals surface area (Å²) in [6.45, 7) is 2.07. The van der Waals surface area contributed by atoms with Gasteiger partial charge in [-0.05, 0) is 37.5 Å². The fourth-order valence-corrected chi connectivity index (χ4v) is 2.97. The van der Waals surface area contributed by atoms with Crippen LogP contribution in [0.5, 0.6) is 0 Å². The molecule has 6 heteroatoms. The zero-order chi connectivity index (χ0) is 16.4. The molecule has 0 spiro atoms. The maximum atomic E-state index is 12.5. The standard InChI is InChI=1S/C16H21F3N2O/c1-11(12-4-6-13(7-5-12)16(17,18)19)21-14(22)15(10-20)8-2-3-9-15/h4-7,11H,2-3,8-10,20H2,1H3,(H,21,22). The maximum Gasteiger partial charge on any atom is 0.416 e. The molecule has 0 heterocycles. The van der Waals surface area contributed by atoms with Crippen LogP contribution in [-0.4, -0.2) is 12.5 Å². The van der Waals surface area contributed by atoms with Gasteiger partial charge in [-0.2, -0.15) is 13.2 Å². The topological polar surface area (TPSA) is 55.1 Å². The van der Waals surface area contributed by atoms with Gasteiger partial charge in [-0.25, -0.2) is 0 Å². The molecular formula is C16H21F3N2O. The van der Waals surface area contributed by atoms with Crippen molar-refractivity contribution < 1.29 is 18.0 Å². The lowest BCUT2D eigenvalue weighted by Crippen LogP contribution is -2.44. The number of amides is 1. The minimum absolute atomic E-state index is 0.0973. The third-order valence-corrected chi connectivity index (χ3v) is 4.52. The molecule has 3 nitrogen and oxygen atoms in total. The Hall–Kier alpha value is -1.56. The van der Waals surface area contributed by atoms with Crippen LogP contribution >= 0.6 is 0 Å². The molecule has 22 heavy (non-hydrogen) atoms. The Morgan fingerprint density at radius 1 is 1.27 bits per heavy atom. The molecule has 0 saturated heterocycles. The van der Waals surface area contributed by atoms with Crippen molar-refractivity contribution in [3.8, 4) is 0 Å². The Kier molecular flexibility index (Phi) is 4.80. The van der Waals surface area contributed by atoms with E-state index in [0.29, 0.717) is 12.1 Å². The highest BCUT2D eigenvalue weighted by Gasteiger charge is 2.40. The Morgan fingerprint density at radius 2 is 1.82 bits per heavy atom. The van der Waals surface area contributed by atoms with Gasteiger partial charge >= 0.3 is 6.18 Å². The van der Waals surface area contributed by atoms with E-state index < -0.39 is 17.2 Å². The smallest absolute Gasteiger partial charge is 0.349 e. The second kappa shape index (κ2) is 6.28. The van der Waals surface area contributed by atoms with Crippen LogP contribution in [0.2, 0.25) is 0 Å². The minimum atomic E-state index is -4.35. The van der Waals surface area contributed by atoms with Crippen LogP contribution in [0.25, 0.3) is 0 Å². The summed E-state index contributed by atoms with van der Waals surface area (Å²) in [5.74, 6) is -0.0973. The summed E-state index contributed by atoms with van der Waals surface area (Å²) >= 11 is 0. The van der Waals surface area contributed by atoms with Crippen molar-refractivity contribution >= 4 is 5.91 Å². The molecule has 122 valence electrons. The number of benzene rings is 1. The number of hydrogen-bond acceptors (Lipinski definition) is 2. The maximum absolute atomic E-state index is 12.5. The van der Waals surface area contributed by atoms with E-state index in [-0.39, 0.29) is 11.9 Å². The van der Waals surface area contributed by atoms with Gasteiger partial charge < -0.3 is 11.1 Å². The SMILES string of the molecule is CC(NC(=O)C1(CN)CCCC1)c1ccc(C(F)(F)F)cc1. The van der Waals surface area contributed by atoms with E-state index in [1.54, 1.807) is 6.92 Å². The Balaban J connectivity index is 2.05. The number of rotatable bonds is 4. The molecule has 2 rings (SSSR count). The second-order valence-electron chi connectivity index (χ2n) is 6.01. The molecule has 3 N–H and O–H groups in total. The van der Waals surface area contributed by atoms with Crippen LogP contribution in [0.15, 0.2) is 24.3 Å². The summed E-state index contributed by atoms with van der Waals surface area (Å²) in [6.07, 6.45) is -0.832. The number of alkyl halides is 3. The molecule has 1 aromatic carbocycles. The normalized spacial score (nSPS) is 19.0. The van der Waals surface area contributed by atoms with Gasteiger partial charge in [-0.3, -0.25) is 4.79 Å². The van der Waals surface area contributed by atoms with E-state index in [0.717, 1.165) is 37.8 Å². The van der Waals surface area contributed by atoms with Crippen LogP contribution in [0.1, 0.15) is 49.8 Å². The fourth-order valence-electron chi connectivity index (χ4n) is 2.97. The number of nitrogens with one attached hydrogen (secondary N) is 1. The van der Waals surface area contributed by atoms with Crippen molar-refractivity contribution in [3.05, 3.63) is 35.4 Å². The van der Waals surface area contributed by atoms with E-state index in [1.807, 2.05) is 0 Å². The highest BCUT2D eigenvalue weighted by molar-refractivity contribution is 5.83. The third-order valence-electron chi connectivity index (χ3n) is 4.52. The van der Waals surface area contributed by atoms with E-state index >= 15 is 0 Å². The van der Waals surface area contributed by atoms with Gasteiger partial charge in [0.2, 0.25) is 5.91 Å². The van der Waals surface area contributed by atoms with Gasteiger partial charge in [-0.1, -0.05) is 25.0 Å². The van der Waals surface area contributed by atoms with E-state index in [2.05, 4.69) is 5.32 Å². The Labute approximate surface area is 128 Å². The highest BCUT2D eigenvalue weighted by Crippen LogP contribution is 2.38. The number of carbonyl (C=O) groups is 1. The first-order chi connectivity index (χ1) is 10.3.